The van der Waals surface area contributed by atoms with Crippen molar-refractivity contribution in [2.75, 3.05) is 7.05 Å². The molecule has 0 fully saturated rings. The number of nitro groups is 1. The summed E-state index contributed by atoms with van der Waals surface area (Å²) in [6, 6.07) is 1.17. The number of likely N-dealkylation sites (N-methyl/N-ethyl adjacent to an activating group) is 1. The van der Waals surface area contributed by atoms with Gasteiger partial charge < -0.3 is 10.0 Å². The number of halogens is 2. The average molecular weight is 302 g/mol. The number of benzene rings is 1. The molecule has 0 aliphatic rings. The van der Waals surface area contributed by atoms with E-state index in [9.17, 15) is 28.5 Å². The number of carbonyl (C=O) groups is 2. The second-order valence-corrected chi connectivity index (χ2v) is 4.74. The molecule has 0 radical (unpaired) electrons. The van der Waals surface area contributed by atoms with E-state index >= 15 is 0 Å². The minimum absolute atomic E-state index is 0.579. The van der Waals surface area contributed by atoms with Crippen LogP contribution in [-0.4, -0.2) is 39.4 Å². The maximum absolute atomic E-state index is 13.9. The van der Waals surface area contributed by atoms with E-state index in [4.69, 9.17) is 5.11 Å². The number of nitrogens with zero attached hydrogens (tertiary/aromatic N) is 2. The van der Waals surface area contributed by atoms with Gasteiger partial charge in [0, 0.05) is 13.1 Å². The number of aliphatic carboxylic acids is 1. The fraction of sp³-hybridized carbons (Fsp3) is 0.333. The van der Waals surface area contributed by atoms with Crippen LogP contribution >= 0.6 is 0 Å². The van der Waals surface area contributed by atoms with Gasteiger partial charge in [0.1, 0.15) is 16.9 Å². The first kappa shape index (κ1) is 16.5. The van der Waals surface area contributed by atoms with Crippen molar-refractivity contribution < 1.29 is 28.4 Å². The number of rotatable bonds is 4. The van der Waals surface area contributed by atoms with Crippen LogP contribution in [-0.2, 0) is 4.79 Å². The summed E-state index contributed by atoms with van der Waals surface area (Å²) in [6.45, 7) is 2.31. The Labute approximate surface area is 117 Å². The fourth-order valence-corrected chi connectivity index (χ4v) is 1.44. The van der Waals surface area contributed by atoms with Gasteiger partial charge in [0.2, 0.25) is 5.82 Å². The summed E-state index contributed by atoms with van der Waals surface area (Å²) in [4.78, 5) is 33.2. The molecule has 1 rings (SSSR count). The molecule has 0 heterocycles. The molecule has 9 heteroatoms. The van der Waals surface area contributed by atoms with Crippen LogP contribution in [0.15, 0.2) is 12.1 Å². The Morgan fingerprint density at radius 2 is 1.86 bits per heavy atom. The van der Waals surface area contributed by atoms with Crippen LogP contribution in [0.5, 0.6) is 0 Å². The van der Waals surface area contributed by atoms with Gasteiger partial charge in [0.05, 0.1) is 4.92 Å². The molecule has 0 saturated heterocycles. The smallest absolute Gasteiger partial charge is 0.329 e. The minimum Gasteiger partial charge on any atom is -0.480 e. The largest absolute Gasteiger partial charge is 0.480 e. The van der Waals surface area contributed by atoms with Gasteiger partial charge >= 0.3 is 11.7 Å². The Morgan fingerprint density at radius 3 is 2.29 bits per heavy atom. The van der Waals surface area contributed by atoms with Crippen molar-refractivity contribution in [3.8, 4) is 0 Å². The minimum atomic E-state index is -1.75. The monoisotopic (exact) mass is 302 g/mol. The lowest BCUT2D eigenvalue weighted by Crippen LogP contribution is -2.51. The van der Waals surface area contributed by atoms with Crippen molar-refractivity contribution in [3.05, 3.63) is 39.4 Å². The van der Waals surface area contributed by atoms with Crippen LogP contribution in [0, 0.1) is 21.7 Å². The highest BCUT2D eigenvalue weighted by atomic mass is 19.1. The van der Waals surface area contributed by atoms with Crippen LogP contribution in [0.3, 0.4) is 0 Å². The maximum atomic E-state index is 13.9. The molecular weight excluding hydrogens is 290 g/mol. The lowest BCUT2D eigenvalue weighted by molar-refractivity contribution is -0.387. The SMILES string of the molecule is CN(C(=O)c1c(F)ccc([N+](=O)[O-])c1F)C(C)(C)C(=O)O. The van der Waals surface area contributed by atoms with Crippen LogP contribution in [0.4, 0.5) is 14.5 Å². The van der Waals surface area contributed by atoms with Crippen molar-refractivity contribution in [2.45, 2.75) is 19.4 Å². The predicted octanol–water partition coefficient (Wildman–Crippen LogP) is 1.81. The summed E-state index contributed by atoms with van der Waals surface area (Å²) >= 11 is 0. The van der Waals surface area contributed by atoms with E-state index in [0.717, 1.165) is 20.9 Å². The molecule has 0 aliphatic carbocycles. The molecule has 21 heavy (non-hydrogen) atoms. The summed E-state index contributed by atoms with van der Waals surface area (Å²) in [7, 11) is 1.04. The molecule has 0 aromatic heterocycles. The zero-order valence-electron chi connectivity index (χ0n) is 11.4. The molecule has 1 N–H and O–H groups in total. The molecule has 1 aromatic rings. The quantitative estimate of drug-likeness (QED) is 0.675. The first-order chi connectivity index (χ1) is 9.51. The first-order valence-corrected chi connectivity index (χ1v) is 5.65. The van der Waals surface area contributed by atoms with Crippen molar-refractivity contribution in [3.63, 3.8) is 0 Å². The van der Waals surface area contributed by atoms with E-state index in [0.29, 0.717) is 17.0 Å². The normalized spacial score (nSPS) is 11.1. The van der Waals surface area contributed by atoms with E-state index < -0.39 is 45.2 Å². The highest BCUT2D eigenvalue weighted by Crippen LogP contribution is 2.26. The molecule has 7 nitrogen and oxygen atoms in total. The van der Waals surface area contributed by atoms with Gasteiger partial charge in [-0.2, -0.15) is 4.39 Å². The summed E-state index contributed by atoms with van der Waals surface area (Å²) in [6.07, 6.45) is 0. The molecular formula is C12H12F2N2O5. The number of hydrogen-bond acceptors (Lipinski definition) is 4. The highest BCUT2D eigenvalue weighted by molar-refractivity contribution is 5.98. The summed E-state index contributed by atoms with van der Waals surface area (Å²) < 4.78 is 27.5. The second-order valence-electron chi connectivity index (χ2n) is 4.74. The van der Waals surface area contributed by atoms with Gasteiger partial charge in [-0.15, -0.1) is 0 Å². The van der Waals surface area contributed by atoms with E-state index in [-0.39, 0.29) is 0 Å². The number of amides is 1. The third-order valence-electron chi connectivity index (χ3n) is 3.15. The molecule has 0 aliphatic heterocycles. The summed E-state index contributed by atoms with van der Waals surface area (Å²) in [5.74, 6) is -5.65. The molecule has 0 saturated carbocycles. The van der Waals surface area contributed by atoms with Gasteiger partial charge in [0.15, 0.2) is 0 Å². The van der Waals surface area contributed by atoms with Crippen molar-refractivity contribution in [1.82, 2.24) is 4.90 Å². The molecule has 114 valence electrons. The summed E-state index contributed by atoms with van der Waals surface area (Å²) in [5, 5.41) is 19.6. The lowest BCUT2D eigenvalue weighted by Gasteiger charge is -2.31. The molecule has 1 aromatic carbocycles. The van der Waals surface area contributed by atoms with Gasteiger partial charge in [0.25, 0.3) is 5.91 Å². The van der Waals surface area contributed by atoms with E-state index in [1.54, 1.807) is 0 Å². The summed E-state index contributed by atoms with van der Waals surface area (Å²) in [5.41, 5.74) is -3.98. The Bertz CT molecular complexity index is 630. The Balaban J connectivity index is 3.41. The van der Waals surface area contributed by atoms with E-state index in [1.807, 2.05) is 0 Å². The molecule has 0 bridgehead atoms. The number of carbonyl (C=O) groups excluding carboxylic acids is 1. The van der Waals surface area contributed by atoms with Crippen LogP contribution < -0.4 is 0 Å². The standard InChI is InChI=1S/C12H12F2N2O5/c1-12(2,11(18)19)15(3)10(17)8-6(13)4-5-7(9(8)14)16(20)21/h4-5H,1-3H3,(H,18,19). The Morgan fingerprint density at radius 1 is 1.33 bits per heavy atom. The third-order valence-corrected chi connectivity index (χ3v) is 3.15. The molecule has 0 spiro atoms. The lowest BCUT2D eigenvalue weighted by atomic mass is 10.0. The van der Waals surface area contributed by atoms with Gasteiger partial charge in [-0.1, -0.05) is 0 Å². The molecule has 1 amide bonds. The number of carboxylic acid groups (broad SMARTS) is 1. The predicted molar refractivity (Wildman–Crippen MR) is 66.8 cm³/mol. The van der Waals surface area contributed by atoms with Crippen LogP contribution in [0.1, 0.15) is 24.2 Å². The second kappa shape index (κ2) is 5.43. The average Bonchev–Trinajstić information content (AvgIpc) is 2.36. The Kier molecular flexibility index (Phi) is 4.26. The van der Waals surface area contributed by atoms with Crippen molar-refractivity contribution >= 4 is 17.6 Å². The van der Waals surface area contributed by atoms with E-state index in [2.05, 4.69) is 0 Å². The van der Waals surface area contributed by atoms with Gasteiger partial charge in [-0.25, -0.2) is 9.18 Å². The third kappa shape index (κ3) is 2.81. The highest BCUT2D eigenvalue weighted by Gasteiger charge is 2.38. The topological polar surface area (TPSA) is 101 Å². The number of carboxylic acids is 1. The van der Waals surface area contributed by atoms with Crippen molar-refractivity contribution in [2.24, 2.45) is 0 Å². The van der Waals surface area contributed by atoms with Gasteiger partial charge in [-0.3, -0.25) is 14.9 Å². The van der Waals surface area contributed by atoms with E-state index in [1.165, 1.54) is 0 Å². The molecule has 0 atom stereocenters. The van der Waals surface area contributed by atoms with Crippen molar-refractivity contribution in [1.29, 1.82) is 0 Å². The van der Waals surface area contributed by atoms with Gasteiger partial charge in [-0.05, 0) is 19.9 Å². The molecule has 0 unspecified atom stereocenters. The Hall–Kier alpha value is -2.58. The van der Waals surface area contributed by atoms with Crippen LogP contribution in [0.25, 0.3) is 0 Å². The van der Waals surface area contributed by atoms with Crippen LogP contribution in [0.2, 0.25) is 0 Å². The first-order valence-electron chi connectivity index (χ1n) is 5.65. The number of hydrogen-bond donors (Lipinski definition) is 1. The number of nitro benzene ring substituents is 1. The zero-order chi connectivity index (χ0) is 16.5. The fourth-order valence-electron chi connectivity index (χ4n) is 1.44. The maximum Gasteiger partial charge on any atom is 0.329 e. The zero-order valence-corrected chi connectivity index (χ0v) is 11.4.